The maximum absolute atomic E-state index is 13.4. The van der Waals surface area contributed by atoms with E-state index in [1.807, 2.05) is 0 Å². The summed E-state index contributed by atoms with van der Waals surface area (Å²) >= 11 is 0. The standard InChI is InChI=1S/C13H12F2N2O/c1-7-10(6-16-8(2)17-7)9-4-11(14)13(15)12(5-9)18-3/h4-6H,1-3H3. The Hall–Kier alpha value is -2.04. The largest absolute Gasteiger partial charge is 0.494 e. The summed E-state index contributed by atoms with van der Waals surface area (Å²) in [6, 6.07) is 2.54. The van der Waals surface area contributed by atoms with Crippen LogP contribution in [0.1, 0.15) is 11.5 Å². The summed E-state index contributed by atoms with van der Waals surface area (Å²) in [4.78, 5) is 8.25. The summed E-state index contributed by atoms with van der Waals surface area (Å²) in [5.74, 6) is -1.45. The Bertz CT molecular complexity index is 600. The van der Waals surface area contributed by atoms with Crippen molar-refractivity contribution in [3.63, 3.8) is 0 Å². The number of aromatic nitrogens is 2. The third-order valence-corrected chi connectivity index (χ3v) is 2.63. The number of hydrogen-bond acceptors (Lipinski definition) is 3. The Morgan fingerprint density at radius 2 is 1.89 bits per heavy atom. The molecule has 0 unspecified atom stereocenters. The normalized spacial score (nSPS) is 10.5. The van der Waals surface area contributed by atoms with Gasteiger partial charge in [-0.2, -0.15) is 4.39 Å². The molecule has 0 fully saturated rings. The number of nitrogens with zero attached hydrogens (tertiary/aromatic N) is 2. The van der Waals surface area contributed by atoms with Gasteiger partial charge in [-0.3, -0.25) is 0 Å². The van der Waals surface area contributed by atoms with E-state index in [0.717, 1.165) is 6.07 Å². The predicted octanol–water partition coefficient (Wildman–Crippen LogP) is 3.05. The molecular weight excluding hydrogens is 238 g/mol. The van der Waals surface area contributed by atoms with Gasteiger partial charge < -0.3 is 4.74 Å². The minimum absolute atomic E-state index is 0.134. The first-order valence-electron chi connectivity index (χ1n) is 5.36. The van der Waals surface area contributed by atoms with Crippen LogP contribution < -0.4 is 4.74 Å². The van der Waals surface area contributed by atoms with Gasteiger partial charge in [0.2, 0.25) is 5.82 Å². The summed E-state index contributed by atoms with van der Waals surface area (Å²) in [7, 11) is 1.29. The van der Waals surface area contributed by atoms with Crippen molar-refractivity contribution in [1.82, 2.24) is 9.97 Å². The zero-order valence-corrected chi connectivity index (χ0v) is 10.3. The molecule has 0 spiro atoms. The Labute approximate surface area is 103 Å². The van der Waals surface area contributed by atoms with E-state index in [1.54, 1.807) is 20.0 Å². The van der Waals surface area contributed by atoms with E-state index in [-0.39, 0.29) is 5.75 Å². The van der Waals surface area contributed by atoms with Gasteiger partial charge in [-0.05, 0) is 31.5 Å². The second kappa shape index (κ2) is 4.68. The first-order valence-corrected chi connectivity index (χ1v) is 5.36. The van der Waals surface area contributed by atoms with Crippen molar-refractivity contribution in [2.75, 3.05) is 7.11 Å². The van der Waals surface area contributed by atoms with Crippen LogP contribution in [0, 0.1) is 25.5 Å². The van der Waals surface area contributed by atoms with Crippen molar-refractivity contribution in [1.29, 1.82) is 0 Å². The lowest BCUT2D eigenvalue weighted by molar-refractivity contribution is 0.372. The summed E-state index contributed by atoms with van der Waals surface area (Å²) in [6.45, 7) is 3.56. The number of hydrogen-bond donors (Lipinski definition) is 0. The van der Waals surface area contributed by atoms with Crippen LogP contribution >= 0.6 is 0 Å². The first-order chi connectivity index (χ1) is 8.52. The zero-order chi connectivity index (χ0) is 13.3. The average Bonchev–Trinajstić information content (AvgIpc) is 2.32. The van der Waals surface area contributed by atoms with E-state index >= 15 is 0 Å². The first kappa shape index (κ1) is 12.4. The molecule has 0 saturated carbocycles. The monoisotopic (exact) mass is 250 g/mol. The highest BCUT2D eigenvalue weighted by molar-refractivity contribution is 5.66. The number of rotatable bonds is 2. The lowest BCUT2D eigenvalue weighted by Gasteiger charge is -2.09. The summed E-state index contributed by atoms with van der Waals surface area (Å²) in [6.07, 6.45) is 1.59. The Balaban J connectivity index is 2.60. The van der Waals surface area contributed by atoms with Crippen LogP contribution in [0.2, 0.25) is 0 Å². The molecule has 0 aliphatic carbocycles. The maximum Gasteiger partial charge on any atom is 0.200 e. The molecule has 94 valence electrons. The van der Waals surface area contributed by atoms with Crippen LogP contribution in [0.25, 0.3) is 11.1 Å². The molecule has 0 atom stereocenters. The van der Waals surface area contributed by atoms with E-state index in [0.29, 0.717) is 22.6 Å². The molecule has 0 bridgehead atoms. The molecule has 0 radical (unpaired) electrons. The van der Waals surface area contributed by atoms with Crippen LogP contribution in [0.15, 0.2) is 18.3 Å². The van der Waals surface area contributed by atoms with Gasteiger partial charge in [0.25, 0.3) is 0 Å². The number of aryl methyl sites for hydroxylation is 2. The van der Waals surface area contributed by atoms with Crippen molar-refractivity contribution in [2.24, 2.45) is 0 Å². The third kappa shape index (κ3) is 2.16. The molecule has 1 aromatic carbocycles. The van der Waals surface area contributed by atoms with E-state index in [4.69, 9.17) is 4.74 Å². The molecule has 0 saturated heterocycles. The summed E-state index contributed by atoms with van der Waals surface area (Å²) in [5.41, 5.74) is 1.84. The van der Waals surface area contributed by atoms with Crippen molar-refractivity contribution in [3.05, 3.63) is 41.5 Å². The van der Waals surface area contributed by atoms with Gasteiger partial charge in [0.15, 0.2) is 11.6 Å². The number of methoxy groups -OCH3 is 1. The molecular formula is C13H12F2N2O. The molecule has 3 nitrogen and oxygen atoms in total. The van der Waals surface area contributed by atoms with Crippen molar-refractivity contribution in [2.45, 2.75) is 13.8 Å². The van der Waals surface area contributed by atoms with E-state index in [9.17, 15) is 8.78 Å². The minimum atomic E-state index is -0.994. The van der Waals surface area contributed by atoms with E-state index in [2.05, 4.69) is 9.97 Å². The van der Waals surface area contributed by atoms with Crippen molar-refractivity contribution in [3.8, 4) is 16.9 Å². The summed E-state index contributed by atoms with van der Waals surface area (Å²) in [5, 5.41) is 0. The SMILES string of the molecule is COc1cc(-c2cnc(C)nc2C)cc(F)c1F. The molecule has 2 rings (SSSR count). The highest BCUT2D eigenvalue weighted by Crippen LogP contribution is 2.29. The predicted molar refractivity (Wildman–Crippen MR) is 63.4 cm³/mol. The molecule has 1 heterocycles. The summed E-state index contributed by atoms with van der Waals surface area (Å²) < 4.78 is 31.6. The van der Waals surface area contributed by atoms with Gasteiger partial charge in [0.1, 0.15) is 5.82 Å². The molecule has 0 aliphatic heterocycles. The van der Waals surface area contributed by atoms with Gasteiger partial charge in [-0.25, -0.2) is 14.4 Å². The zero-order valence-electron chi connectivity index (χ0n) is 10.3. The van der Waals surface area contributed by atoms with Gasteiger partial charge in [0.05, 0.1) is 7.11 Å². The molecule has 0 aliphatic rings. The van der Waals surface area contributed by atoms with Gasteiger partial charge in [-0.1, -0.05) is 0 Å². The second-order valence-electron chi connectivity index (χ2n) is 3.89. The second-order valence-corrected chi connectivity index (χ2v) is 3.89. The fourth-order valence-electron chi connectivity index (χ4n) is 1.73. The topological polar surface area (TPSA) is 35.0 Å². The van der Waals surface area contributed by atoms with Crippen LogP contribution in [0.4, 0.5) is 8.78 Å². The van der Waals surface area contributed by atoms with Gasteiger partial charge in [0, 0.05) is 17.5 Å². The van der Waals surface area contributed by atoms with E-state index < -0.39 is 11.6 Å². The highest BCUT2D eigenvalue weighted by atomic mass is 19.2. The lowest BCUT2D eigenvalue weighted by Crippen LogP contribution is -1.97. The quantitative estimate of drug-likeness (QED) is 0.821. The van der Waals surface area contributed by atoms with Crippen LogP contribution in [0.5, 0.6) is 5.75 Å². The minimum Gasteiger partial charge on any atom is -0.494 e. The van der Waals surface area contributed by atoms with Crippen molar-refractivity contribution < 1.29 is 13.5 Å². The number of benzene rings is 1. The smallest absolute Gasteiger partial charge is 0.200 e. The van der Waals surface area contributed by atoms with Crippen molar-refractivity contribution >= 4 is 0 Å². The molecule has 5 heteroatoms. The molecule has 0 amide bonds. The van der Waals surface area contributed by atoms with Gasteiger partial charge in [-0.15, -0.1) is 0 Å². The highest BCUT2D eigenvalue weighted by Gasteiger charge is 2.14. The fourth-order valence-corrected chi connectivity index (χ4v) is 1.73. The third-order valence-electron chi connectivity index (χ3n) is 2.63. The molecule has 18 heavy (non-hydrogen) atoms. The molecule has 2 aromatic rings. The Morgan fingerprint density at radius 3 is 2.50 bits per heavy atom. The van der Waals surface area contributed by atoms with Crippen LogP contribution in [-0.2, 0) is 0 Å². The number of ether oxygens (including phenoxy) is 1. The number of halogens is 2. The van der Waals surface area contributed by atoms with Crippen LogP contribution in [0.3, 0.4) is 0 Å². The lowest BCUT2D eigenvalue weighted by atomic mass is 10.1. The van der Waals surface area contributed by atoms with Crippen LogP contribution in [-0.4, -0.2) is 17.1 Å². The average molecular weight is 250 g/mol. The Kier molecular flexibility index (Phi) is 3.23. The van der Waals surface area contributed by atoms with Gasteiger partial charge >= 0.3 is 0 Å². The molecule has 1 aromatic heterocycles. The molecule has 0 N–H and O–H groups in total. The maximum atomic E-state index is 13.4. The Morgan fingerprint density at radius 1 is 1.17 bits per heavy atom. The fraction of sp³-hybridized carbons (Fsp3) is 0.231. The van der Waals surface area contributed by atoms with E-state index in [1.165, 1.54) is 13.2 Å².